The minimum atomic E-state index is -2.67. The summed E-state index contributed by atoms with van der Waals surface area (Å²) in [5, 5.41) is 3.78. The summed E-state index contributed by atoms with van der Waals surface area (Å²) in [6.45, 7) is 5.42. The molecule has 3 N–H and O–H groups in total. The molecule has 6 nitrogen and oxygen atoms in total. The molecule has 2 aromatic heterocycles. The molecular formula is C25H26ClF2N3O3. The predicted octanol–water partition coefficient (Wildman–Crippen LogP) is 6.02. The normalized spacial score (nSPS) is 17.0. The van der Waals surface area contributed by atoms with Crippen LogP contribution in [-0.4, -0.2) is 16.8 Å². The van der Waals surface area contributed by atoms with Crippen molar-refractivity contribution < 1.29 is 18.0 Å². The summed E-state index contributed by atoms with van der Waals surface area (Å²) in [7, 11) is 0. The second-order valence-electron chi connectivity index (χ2n) is 9.04. The molecule has 1 atom stereocenters. The number of primary amides is 1. The van der Waals surface area contributed by atoms with Crippen molar-refractivity contribution in [1.29, 1.82) is 0 Å². The molecule has 2 heterocycles. The summed E-state index contributed by atoms with van der Waals surface area (Å²) in [4.78, 5) is 29.1. The summed E-state index contributed by atoms with van der Waals surface area (Å²) < 4.78 is 33.7. The molecule has 9 heteroatoms. The molecule has 1 fully saturated rings. The number of hydrogen-bond donors (Lipinski definition) is 2. The van der Waals surface area contributed by atoms with E-state index in [4.69, 9.17) is 21.8 Å². The van der Waals surface area contributed by atoms with E-state index in [1.165, 1.54) is 6.07 Å². The first-order valence-corrected chi connectivity index (χ1v) is 11.5. The van der Waals surface area contributed by atoms with Crippen molar-refractivity contribution in [3.8, 4) is 0 Å². The molecule has 34 heavy (non-hydrogen) atoms. The smallest absolute Gasteiger partial charge is 0.269 e. The maximum atomic E-state index is 13.7. The fourth-order valence-electron chi connectivity index (χ4n) is 4.65. The van der Waals surface area contributed by atoms with Crippen molar-refractivity contribution in [3.63, 3.8) is 0 Å². The number of benzene rings is 1. The molecule has 1 unspecified atom stereocenters. The number of alkyl halides is 2. The maximum absolute atomic E-state index is 13.7. The molecule has 1 aromatic carbocycles. The highest BCUT2D eigenvalue weighted by molar-refractivity contribution is 6.29. The molecule has 0 bridgehead atoms. The van der Waals surface area contributed by atoms with Crippen molar-refractivity contribution >= 4 is 34.2 Å². The van der Waals surface area contributed by atoms with Gasteiger partial charge in [-0.25, -0.2) is 13.8 Å². The third-order valence-corrected chi connectivity index (χ3v) is 6.66. The van der Waals surface area contributed by atoms with Gasteiger partial charge in [0.25, 0.3) is 5.91 Å². The zero-order valence-electron chi connectivity index (χ0n) is 19.2. The summed E-state index contributed by atoms with van der Waals surface area (Å²) >= 11 is 5.91. The van der Waals surface area contributed by atoms with Gasteiger partial charge in [0.2, 0.25) is 5.92 Å². The highest BCUT2D eigenvalue weighted by atomic mass is 35.5. The van der Waals surface area contributed by atoms with Crippen LogP contribution < -0.4 is 16.5 Å². The number of nitrogens with one attached hydrogen (secondary N) is 1. The van der Waals surface area contributed by atoms with E-state index >= 15 is 0 Å². The topological polar surface area (TPSA) is 98.2 Å². The van der Waals surface area contributed by atoms with E-state index in [0.29, 0.717) is 33.5 Å². The Morgan fingerprint density at radius 3 is 2.59 bits per heavy atom. The van der Waals surface area contributed by atoms with Crippen LogP contribution in [0, 0.1) is 13.8 Å². The molecule has 1 aliphatic carbocycles. The molecule has 1 amide bonds. The Bertz CT molecular complexity index is 1330. The minimum Gasteiger partial charge on any atom is -0.460 e. The maximum Gasteiger partial charge on any atom is 0.269 e. The van der Waals surface area contributed by atoms with E-state index in [0.717, 1.165) is 5.56 Å². The Kier molecular flexibility index (Phi) is 6.38. The van der Waals surface area contributed by atoms with Gasteiger partial charge in [0.05, 0.1) is 17.1 Å². The lowest BCUT2D eigenvalue weighted by atomic mass is 9.83. The highest BCUT2D eigenvalue weighted by Gasteiger charge is 2.37. The lowest BCUT2D eigenvalue weighted by molar-refractivity contribution is -0.0395. The first kappa shape index (κ1) is 24.1. The van der Waals surface area contributed by atoms with Gasteiger partial charge < -0.3 is 15.5 Å². The first-order valence-electron chi connectivity index (χ1n) is 11.2. The molecule has 1 saturated carbocycles. The third kappa shape index (κ3) is 4.64. The lowest BCUT2D eigenvalue weighted by Crippen LogP contribution is -2.25. The van der Waals surface area contributed by atoms with Gasteiger partial charge >= 0.3 is 0 Å². The molecule has 0 saturated heterocycles. The number of nitrogens with zero attached hydrogens (tertiary/aromatic N) is 1. The van der Waals surface area contributed by atoms with Gasteiger partial charge in [-0.3, -0.25) is 9.59 Å². The summed E-state index contributed by atoms with van der Waals surface area (Å²) in [5.41, 5.74) is 8.09. The second-order valence-corrected chi connectivity index (χ2v) is 9.43. The second kappa shape index (κ2) is 8.98. The summed E-state index contributed by atoms with van der Waals surface area (Å²) in [6.07, 6.45) is 0.0689. The van der Waals surface area contributed by atoms with Crippen LogP contribution in [0.5, 0.6) is 0 Å². The van der Waals surface area contributed by atoms with Crippen LogP contribution in [0.1, 0.15) is 77.5 Å². The number of nitrogens with two attached hydrogens (primary N) is 1. The Balaban J connectivity index is 1.79. The number of rotatable bonds is 5. The number of pyridine rings is 1. The number of carbonyl (C=O) groups is 1. The predicted molar refractivity (Wildman–Crippen MR) is 128 cm³/mol. The third-order valence-electron chi connectivity index (χ3n) is 6.45. The van der Waals surface area contributed by atoms with Gasteiger partial charge in [-0.15, -0.1) is 0 Å². The average Bonchev–Trinajstić information content (AvgIpc) is 2.77. The van der Waals surface area contributed by atoms with E-state index in [1.54, 1.807) is 19.1 Å². The molecular weight excluding hydrogens is 464 g/mol. The molecule has 3 aromatic rings. The highest BCUT2D eigenvalue weighted by Crippen LogP contribution is 2.42. The largest absolute Gasteiger partial charge is 0.460 e. The summed E-state index contributed by atoms with van der Waals surface area (Å²) in [6, 6.07) is 6.40. The number of anilines is 1. The Labute approximate surface area is 200 Å². The van der Waals surface area contributed by atoms with Crippen LogP contribution in [-0.2, 0) is 0 Å². The number of aryl methyl sites for hydroxylation is 1. The Morgan fingerprint density at radius 2 is 1.94 bits per heavy atom. The molecule has 1 aliphatic rings. The molecule has 0 aliphatic heterocycles. The molecule has 0 radical (unpaired) electrons. The van der Waals surface area contributed by atoms with E-state index in [2.05, 4.69) is 10.3 Å². The van der Waals surface area contributed by atoms with Crippen LogP contribution in [0.4, 0.5) is 14.5 Å². The Hall–Kier alpha value is -3.00. The van der Waals surface area contributed by atoms with E-state index in [9.17, 15) is 18.4 Å². The SMILES string of the molecule is Cc1cc(C(C)Nc2ccc(Cl)nc2C(N)=O)c2oc(C3CCC(F)(F)CC3)c(C)c(=O)c2c1. The molecule has 0 spiro atoms. The van der Waals surface area contributed by atoms with Gasteiger partial charge in [-0.2, -0.15) is 0 Å². The fraction of sp³-hybridized carbons (Fsp3) is 0.400. The summed E-state index contributed by atoms with van der Waals surface area (Å²) in [5.74, 6) is -3.18. The number of carbonyl (C=O) groups excluding carboxylic acids is 1. The lowest BCUT2D eigenvalue weighted by Gasteiger charge is -2.28. The van der Waals surface area contributed by atoms with Crippen molar-refractivity contribution in [2.45, 2.75) is 64.3 Å². The standard InChI is InChI=1S/C25H26ClF2N3O3/c1-12-10-16(14(3)30-18-4-5-19(26)31-20(18)24(29)33)23-17(11-12)21(32)13(2)22(34-23)15-6-8-25(27,28)9-7-15/h4-5,10-11,14-15,30H,6-9H2,1-3H3,(H2,29,33). The average molecular weight is 490 g/mol. The number of amides is 1. The monoisotopic (exact) mass is 489 g/mol. The van der Waals surface area contributed by atoms with Gasteiger partial charge in [0, 0.05) is 29.9 Å². The van der Waals surface area contributed by atoms with Crippen LogP contribution in [0.25, 0.3) is 11.0 Å². The van der Waals surface area contributed by atoms with E-state index in [1.807, 2.05) is 19.9 Å². The van der Waals surface area contributed by atoms with Gasteiger partial charge in [-0.05, 0) is 57.4 Å². The number of hydrogen-bond acceptors (Lipinski definition) is 5. The van der Waals surface area contributed by atoms with Crippen molar-refractivity contribution in [1.82, 2.24) is 4.98 Å². The molecule has 180 valence electrons. The number of fused-ring (bicyclic) bond motifs is 1. The van der Waals surface area contributed by atoms with Crippen molar-refractivity contribution in [2.24, 2.45) is 5.73 Å². The quantitative estimate of drug-likeness (QED) is 0.427. The van der Waals surface area contributed by atoms with Crippen LogP contribution in [0.2, 0.25) is 5.15 Å². The molecule has 4 rings (SSSR count). The van der Waals surface area contributed by atoms with Crippen LogP contribution in [0.3, 0.4) is 0 Å². The van der Waals surface area contributed by atoms with Gasteiger partial charge in [0.1, 0.15) is 16.5 Å². The Morgan fingerprint density at radius 1 is 1.26 bits per heavy atom. The first-order chi connectivity index (χ1) is 16.0. The zero-order valence-corrected chi connectivity index (χ0v) is 19.9. The van der Waals surface area contributed by atoms with Gasteiger partial charge in [0.15, 0.2) is 11.1 Å². The fourth-order valence-corrected chi connectivity index (χ4v) is 4.80. The van der Waals surface area contributed by atoms with E-state index < -0.39 is 17.9 Å². The number of halogens is 3. The van der Waals surface area contributed by atoms with Crippen LogP contribution >= 0.6 is 11.6 Å². The van der Waals surface area contributed by atoms with Gasteiger partial charge in [-0.1, -0.05) is 17.7 Å². The minimum absolute atomic E-state index is 0.00238. The van der Waals surface area contributed by atoms with Crippen molar-refractivity contribution in [3.05, 3.63) is 67.8 Å². The van der Waals surface area contributed by atoms with Crippen molar-refractivity contribution in [2.75, 3.05) is 5.32 Å². The van der Waals surface area contributed by atoms with Crippen LogP contribution in [0.15, 0.2) is 33.5 Å². The van der Waals surface area contributed by atoms with E-state index in [-0.39, 0.29) is 47.9 Å². The number of aromatic nitrogens is 1. The zero-order chi connectivity index (χ0) is 24.8.